The zero-order chi connectivity index (χ0) is 17.9. The van der Waals surface area contributed by atoms with Crippen molar-refractivity contribution in [1.82, 2.24) is 25.4 Å². The Labute approximate surface area is 149 Å². The SMILES string of the molecule is CCCNC(=NCc1ccccc1OC)NCCn1cnnc1CC. The van der Waals surface area contributed by atoms with E-state index in [9.17, 15) is 0 Å². The summed E-state index contributed by atoms with van der Waals surface area (Å²) in [5, 5.41) is 14.8. The average Bonchev–Trinajstić information content (AvgIpc) is 3.11. The van der Waals surface area contributed by atoms with E-state index in [1.165, 1.54) is 0 Å². The van der Waals surface area contributed by atoms with Gasteiger partial charge >= 0.3 is 0 Å². The van der Waals surface area contributed by atoms with Crippen LogP contribution in [0.25, 0.3) is 0 Å². The second-order valence-electron chi connectivity index (χ2n) is 5.62. The van der Waals surface area contributed by atoms with Crippen LogP contribution in [-0.4, -0.2) is 40.9 Å². The summed E-state index contributed by atoms with van der Waals surface area (Å²) in [6.45, 7) is 7.22. The lowest BCUT2D eigenvalue weighted by Crippen LogP contribution is -2.39. The molecular formula is C18H28N6O. The first-order chi connectivity index (χ1) is 12.3. The van der Waals surface area contributed by atoms with E-state index >= 15 is 0 Å². The number of guanidine groups is 1. The quantitative estimate of drug-likeness (QED) is 0.537. The van der Waals surface area contributed by atoms with Gasteiger partial charge in [0.25, 0.3) is 0 Å². The zero-order valence-corrected chi connectivity index (χ0v) is 15.3. The average molecular weight is 344 g/mol. The molecule has 0 saturated heterocycles. The third-order valence-electron chi connectivity index (χ3n) is 3.80. The second kappa shape index (κ2) is 10.3. The number of aromatic nitrogens is 3. The number of nitrogens with one attached hydrogen (secondary N) is 2. The summed E-state index contributed by atoms with van der Waals surface area (Å²) >= 11 is 0. The zero-order valence-electron chi connectivity index (χ0n) is 15.3. The third-order valence-corrected chi connectivity index (χ3v) is 3.80. The molecule has 0 unspecified atom stereocenters. The van der Waals surface area contributed by atoms with Gasteiger partial charge in [-0.05, 0) is 12.5 Å². The van der Waals surface area contributed by atoms with E-state index in [1.807, 2.05) is 24.3 Å². The van der Waals surface area contributed by atoms with Crippen LogP contribution in [0.5, 0.6) is 5.75 Å². The number of methoxy groups -OCH3 is 1. The van der Waals surface area contributed by atoms with Crippen LogP contribution >= 0.6 is 0 Å². The maximum absolute atomic E-state index is 5.39. The third kappa shape index (κ3) is 5.77. The van der Waals surface area contributed by atoms with Gasteiger partial charge in [0, 0.05) is 31.6 Å². The number of hydrogen-bond donors (Lipinski definition) is 2. The van der Waals surface area contributed by atoms with Crippen LogP contribution in [-0.2, 0) is 19.5 Å². The lowest BCUT2D eigenvalue weighted by atomic mass is 10.2. The first-order valence-corrected chi connectivity index (χ1v) is 8.79. The molecular weight excluding hydrogens is 316 g/mol. The number of benzene rings is 1. The predicted molar refractivity (Wildman–Crippen MR) is 99.8 cm³/mol. The van der Waals surface area contributed by atoms with Gasteiger partial charge in [-0.1, -0.05) is 32.0 Å². The number of hydrogen-bond acceptors (Lipinski definition) is 4. The van der Waals surface area contributed by atoms with Crippen molar-refractivity contribution in [3.8, 4) is 5.75 Å². The minimum atomic E-state index is 0.565. The van der Waals surface area contributed by atoms with Crippen LogP contribution in [0.15, 0.2) is 35.6 Å². The molecule has 136 valence electrons. The Morgan fingerprint density at radius 2 is 2.00 bits per heavy atom. The van der Waals surface area contributed by atoms with Crippen LogP contribution in [0.3, 0.4) is 0 Å². The molecule has 0 fully saturated rings. The molecule has 0 radical (unpaired) electrons. The molecule has 7 nitrogen and oxygen atoms in total. The monoisotopic (exact) mass is 344 g/mol. The van der Waals surface area contributed by atoms with Crippen molar-refractivity contribution >= 4 is 5.96 Å². The van der Waals surface area contributed by atoms with Crippen molar-refractivity contribution in [3.05, 3.63) is 42.0 Å². The van der Waals surface area contributed by atoms with Gasteiger partial charge < -0.3 is 19.9 Å². The highest BCUT2D eigenvalue weighted by molar-refractivity contribution is 5.79. The summed E-state index contributed by atoms with van der Waals surface area (Å²) in [6.07, 6.45) is 3.69. The summed E-state index contributed by atoms with van der Waals surface area (Å²) in [7, 11) is 1.68. The second-order valence-corrected chi connectivity index (χ2v) is 5.62. The van der Waals surface area contributed by atoms with E-state index in [0.717, 1.165) is 55.6 Å². The Balaban J connectivity index is 1.95. The number of para-hydroxylation sites is 1. The maximum Gasteiger partial charge on any atom is 0.191 e. The summed E-state index contributed by atoms with van der Waals surface area (Å²) in [5.41, 5.74) is 1.06. The van der Waals surface area contributed by atoms with Gasteiger partial charge in [0.2, 0.25) is 0 Å². The molecule has 1 aromatic heterocycles. The topological polar surface area (TPSA) is 76.4 Å². The molecule has 7 heteroatoms. The van der Waals surface area contributed by atoms with Gasteiger partial charge in [-0.15, -0.1) is 10.2 Å². The number of aliphatic imine (C=N–C) groups is 1. The van der Waals surface area contributed by atoms with Crippen molar-refractivity contribution in [1.29, 1.82) is 0 Å². The molecule has 2 N–H and O–H groups in total. The van der Waals surface area contributed by atoms with Crippen molar-refractivity contribution < 1.29 is 4.74 Å². The van der Waals surface area contributed by atoms with Crippen molar-refractivity contribution in [3.63, 3.8) is 0 Å². The van der Waals surface area contributed by atoms with Gasteiger partial charge in [0.05, 0.1) is 13.7 Å². The summed E-state index contributed by atoms with van der Waals surface area (Å²) < 4.78 is 7.45. The molecule has 0 saturated carbocycles. The summed E-state index contributed by atoms with van der Waals surface area (Å²) in [4.78, 5) is 4.68. The Bertz CT molecular complexity index is 667. The predicted octanol–water partition coefficient (Wildman–Crippen LogP) is 1.99. The van der Waals surface area contributed by atoms with Crippen molar-refractivity contribution in [2.75, 3.05) is 20.2 Å². The smallest absolute Gasteiger partial charge is 0.191 e. The van der Waals surface area contributed by atoms with Crippen molar-refractivity contribution in [2.24, 2.45) is 4.99 Å². The summed E-state index contributed by atoms with van der Waals surface area (Å²) in [6, 6.07) is 7.95. The van der Waals surface area contributed by atoms with E-state index in [0.29, 0.717) is 6.54 Å². The molecule has 2 aromatic rings. The standard InChI is InChI=1S/C18H28N6O/c1-4-10-19-18(20-11-12-24-14-22-23-17(24)5-2)21-13-15-8-6-7-9-16(15)25-3/h6-9,14H,4-5,10-13H2,1-3H3,(H2,19,20,21). The van der Waals surface area contributed by atoms with Gasteiger partial charge in [-0.3, -0.25) is 0 Å². The van der Waals surface area contributed by atoms with E-state index in [-0.39, 0.29) is 0 Å². The van der Waals surface area contributed by atoms with E-state index < -0.39 is 0 Å². The molecule has 1 heterocycles. The molecule has 0 aliphatic carbocycles. The largest absolute Gasteiger partial charge is 0.496 e. The van der Waals surface area contributed by atoms with Gasteiger partial charge in [-0.2, -0.15) is 0 Å². The lowest BCUT2D eigenvalue weighted by molar-refractivity contribution is 0.410. The van der Waals surface area contributed by atoms with Crippen LogP contribution in [0.4, 0.5) is 0 Å². The number of ether oxygens (including phenoxy) is 1. The van der Waals surface area contributed by atoms with Gasteiger partial charge in [0.15, 0.2) is 5.96 Å². The van der Waals surface area contributed by atoms with E-state index in [2.05, 4.69) is 44.2 Å². The van der Waals surface area contributed by atoms with Crippen LogP contribution in [0.1, 0.15) is 31.7 Å². The highest BCUT2D eigenvalue weighted by Gasteiger charge is 2.04. The Morgan fingerprint density at radius 3 is 2.76 bits per heavy atom. The highest BCUT2D eigenvalue weighted by atomic mass is 16.5. The van der Waals surface area contributed by atoms with Crippen LogP contribution < -0.4 is 15.4 Å². The van der Waals surface area contributed by atoms with E-state index in [4.69, 9.17) is 4.74 Å². The normalized spacial score (nSPS) is 11.4. The molecule has 0 spiro atoms. The molecule has 0 aliphatic heterocycles. The molecule has 0 amide bonds. The molecule has 0 aliphatic rings. The fourth-order valence-corrected chi connectivity index (χ4v) is 2.45. The highest BCUT2D eigenvalue weighted by Crippen LogP contribution is 2.17. The summed E-state index contributed by atoms with van der Waals surface area (Å²) in [5.74, 6) is 2.66. The molecule has 25 heavy (non-hydrogen) atoms. The molecule has 2 rings (SSSR count). The Morgan fingerprint density at radius 1 is 1.20 bits per heavy atom. The first-order valence-electron chi connectivity index (χ1n) is 8.79. The Kier molecular flexibility index (Phi) is 7.75. The number of rotatable bonds is 9. The van der Waals surface area contributed by atoms with Gasteiger partial charge in [0.1, 0.15) is 17.9 Å². The number of nitrogens with zero attached hydrogens (tertiary/aromatic N) is 4. The van der Waals surface area contributed by atoms with Gasteiger partial charge in [-0.25, -0.2) is 4.99 Å². The lowest BCUT2D eigenvalue weighted by Gasteiger charge is -2.13. The molecule has 1 aromatic carbocycles. The molecule has 0 atom stereocenters. The Hall–Kier alpha value is -2.57. The first kappa shape index (κ1) is 18.8. The minimum absolute atomic E-state index is 0.565. The maximum atomic E-state index is 5.39. The van der Waals surface area contributed by atoms with E-state index in [1.54, 1.807) is 13.4 Å². The number of aryl methyl sites for hydroxylation is 1. The molecule has 0 bridgehead atoms. The fourth-order valence-electron chi connectivity index (χ4n) is 2.45. The van der Waals surface area contributed by atoms with Crippen LogP contribution in [0.2, 0.25) is 0 Å². The minimum Gasteiger partial charge on any atom is -0.496 e. The fraction of sp³-hybridized carbons (Fsp3) is 0.500. The van der Waals surface area contributed by atoms with Crippen molar-refractivity contribution in [2.45, 2.75) is 39.8 Å². The van der Waals surface area contributed by atoms with Crippen LogP contribution in [0, 0.1) is 0 Å².